The summed E-state index contributed by atoms with van der Waals surface area (Å²) in [6.07, 6.45) is 0. The molecule has 0 atom stereocenters. The molecule has 134 valence electrons. The second-order valence-corrected chi connectivity index (χ2v) is 6.27. The van der Waals surface area contributed by atoms with Gasteiger partial charge in [0.05, 0.1) is 11.4 Å². The van der Waals surface area contributed by atoms with Gasteiger partial charge in [0.1, 0.15) is 0 Å². The van der Waals surface area contributed by atoms with Crippen molar-refractivity contribution in [3.05, 3.63) is 90.0 Å². The summed E-state index contributed by atoms with van der Waals surface area (Å²) in [4.78, 5) is 12.2. The lowest BCUT2D eigenvalue weighted by Crippen LogP contribution is -2.34. The van der Waals surface area contributed by atoms with Crippen LogP contribution >= 0.6 is 12.2 Å². The zero-order valence-corrected chi connectivity index (χ0v) is 15.5. The number of hydrogen-bond acceptors (Lipinski definition) is 4. The average Bonchev–Trinajstić information content (AvgIpc) is 2.68. The molecule has 1 amide bonds. The number of benzene rings is 3. The summed E-state index contributed by atoms with van der Waals surface area (Å²) >= 11 is 5.21. The van der Waals surface area contributed by atoms with Crippen molar-refractivity contribution < 1.29 is 4.79 Å². The van der Waals surface area contributed by atoms with Gasteiger partial charge < -0.3 is 5.32 Å². The Kier molecular flexibility index (Phi) is 6.02. The van der Waals surface area contributed by atoms with Gasteiger partial charge in [0.25, 0.3) is 5.91 Å². The molecule has 0 spiro atoms. The normalized spacial score (nSPS) is 10.6. The van der Waals surface area contributed by atoms with E-state index in [4.69, 9.17) is 12.2 Å². The fourth-order valence-corrected chi connectivity index (χ4v) is 2.56. The first-order chi connectivity index (χ1) is 13.1. The summed E-state index contributed by atoms with van der Waals surface area (Å²) in [5.41, 5.74) is 3.85. The zero-order valence-electron chi connectivity index (χ0n) is 14.7. The van der Waals surface area contributed by atoms with Crippen molar-refractivity contribution in [2.24, 2.45) is 10.2 Å². The standard InChI is InChI=1S/C21H18N4OS/c1-15-6-5-7-16(14-15)20(26)23-21(27)22-17-10-12-19(13-11-17)25-24-18-8-3-2-4-9-18/h2-14H,1H3,(H2,22,23,26,27). The highest BCUT2D eigenvalue weighted by Crippen LogP contribution is 2.20. The average molecular weight is 374 g/mol. The van der Waals surface area contributed by atoms with Gasteiger partial charge in [-0.25, -0.2) is 0 Å². The number of azo groups is 1. The predicted molar refractivity (Wildman–Crippen MR) is 112 cm³/mol. The van der Waals surface area contributed by atoms with Crippen molar-refractivity contribution in [1.29, 1.82) is 0 Å². The molecule has 0 saturated carbocycles. The number of amides is 1. The minimum Gasteiger partial charge on any atom is -0.332 e. The molecule has 3 aromatic rings. The van der Waals surface area contributed by atoms with Crippen LogP contribution < -0.4 is 10.6 Å². The van der Waals surface area contributed by atoms with Crippen molar-refractivity contribution in [1.82, 2.24) is 5.32 Å². The maximum atomic E-state index is 12.2. The summed E-state index contributed by atoms with van der Waals surface area (Å²) in [7, 11) is 0. The molecule has 27 heavy (non-hydrogen) atoms. The third-order valence-electron chi connectivity index (χ3n) is 3.67. The molecule has 0 saturated heterocycles. The zero-order chi connectivity index (χ0) is 19.1. The largest absolute Gasteiger partial charge is 0.332 e. The molecule has 5 nitrogen and oxygen atoms in total. The smallest absolute Gasteiger partial charge is 0.257 e. The molecular formula is C21H18N4OS. The Morgan fingerprint density at radius 3 is 2.19 bits per heavy atom. The van der Waals surface area contributed by atoms with E-state index in [1.807, 2.05) is 79.7 Å². The summed E-state index contributed by atoms with van der Waals surface area (Å²) in [5.74, 6) is -0.246. The monoisotopic (exact) mass is 374 g/mol. The Balaban J connectivity index is 1.57. The van der Waals surface area contributed by atoms with Crippen molar-refractivity contribution in [2.45, 2.75) is 6.92 Å². The summed E-state index contributed by atoms with van der Waals surface area (Å²) in [5, 5.41) is 14.3. The van der Waals surface area contributed by atoms with Gasteiger partial charge in [-0.05, 0) is 67.7 Å². The maximum absolute atomic E-state index is 12.2. The van der Waals surface area contributed by atoms with E-state index < -0.39 is 0 Å². The Hall–Kier alpha value is -3.38. The third kappa shape index (κ3) is 5.55. The molecular weight excluding hydrogens is 356 g/mol. The lowest BCUT2D eigenvalue weighted by molar-refractivity contribution is 0.0977. The Morgan fingerprint density at radius 2 is 1.52 bits per heavy atom. The molecule has 0 heterocycles. The molecule has 0 unspecified atom stereocenters. The van der Waals surface area contributed by atoms with E-state index in [-0.39, 0.29) is 11.0 Å². The van der Waals surface area contributed by atoms with Crippen molar-refractivity contribution in [2.75, 3.05) is 5.32 Å². The summed E-state index contributed by atoms with van der Waals surface area (Å²) in [6.45, 7) is 1.93. The molecule has 3 rings (SSSR count). The van der Waals surface area contributed by atoms with Gasteiger partial charge in [-0.3, -0.25) is 10.1 Å². The Morgan fingerprint density at radius 1 is 0.852 bits per heavy atom. The number of nitrogens with one attached hydrogen (secondary N) is 2. The van der Waals surface area contributed by atoms with Crippen LogP contribution in [0.1, 0.15) is 15.9 Å². The van der Waals surface area contributed by atoms with E-state index in [9.17, 15) is 4.79 Å². The van der Waals surface area contributed by atoms with Crippen LogP contribution in [0, 0.1) is 6.92 Å². The van der Waals surface area contributed by atoms with E-state index in [1.165, 1.54) is 0 Å². The van der Waals surface area contributed by atoms with Crippen LogP contribution in [0.4, 0.5) is 17.1 Å². The number of aryl methyl sites for hydroxylation is 1. The Labute approximate surface area is 163 Å². The van der Waals surface area contributed by atoms with Gasteiger partial charge in [0, 0.05) is 11.3 Å². The van der Waals surface area contributed by atoms with Crippen LogP contribution in [0.25, 0.3) is 0 Å². The number of carbonyl (C=O) groups excluding carboxylic acids is 1. The van der Waals surface area contributed by atoms with Gasteiger partial charge in [0.15, 0.2) is 5.11 Å². The highest BCUT2D eigenvalue weighted by Gasteiger charge is 2.08. The first-order valence-corrected chi connectivity index (χ1v) is 8.77. The minimum absolute atomic E-state index is 0.236. The molecule has 6 heteroatoms. The van der Waals surface area contributed by atoms with Crippen LogP contribution in [0.15, 0.2) is 89.1 Å². The van der Waals surface area contributed by atoms with Crippen LogP contribution in [0.3, 0.4) is 0 Å². The molecule has 0 aliphatic rings. The molecule has 0 fully saturated rings. The molecule has 2 N–H and O–H groups in total. The predicted octanol–water partition coefficient (Wildman–Crippen LogP) is 5.54. The second-order valence-electron chi connectivity index (χ2n) is 5.86. The number of thiocarbonyl (C=S) groups is 1. The van der Waals surface area contributed by atoms with Crippen molar-refractivity contribution in [3.63, 3.8) is 0 Å². The maximum Gasteiger partial charge on any atom is 0.257 e. The number of anilines is 1. The molecule has 0 aromatic heterocycles. The van der Waals surface area contributed by atoms with Crippen LogP contribution in [0.5, 0.6) is 0 Å². The summed E-state index contributed by atoms with van der Waals surface area (Å²) in [6, 6.07) is 24.1. The number of hydrogen-bond donors (Lipinski definition) is 2. The van der Waals surface area contributed by atoms with E-state index in [1.54, 1.807) is 6.07 Å². The fourth-order valence-electron chi connectivity index (χ4n) is 2.35. The first-order valence-electron chi connectivity index (χ1n) is 8.36. The highest BCUT2D eigenvalue weighted by atomic mass is 32.1. The second kappa shape index (κ2) is 8.82. The highest BCUT2D eigenvalue weighted by molar-refractivity contribution is 7.80. The van der Waals surface area contributed by atoms with Gasteiger partial charge in [0.2, 0.25) is 0 Å². The quantitative estimate of drug-likeness (QED) is 0.466. The van der Waals surface area contributed by atoms with Crippen molar-refractivity contribution >= 4 is 40.3 Å². The molecule has 0 aliphatic heterocycles. The van der Waals surface area contributed by atoms with Crippen LogP contribution in [-0.4, -0.2) is 11.0 Å². The Bertz CT molecular complexity index is 969. The molecule has 3 aromatic carbocycles. The van der Waals surface area contributed by atoms with Crippen molar-refractivity contribution in [3.8, 4) is 0 Å². The van der Waals surface area contributed by atoms with Gasteiger partial charge >= 0.3 is 0 Å². The van der Waals surface area contributed by atoms with Crippen LogP contribution in [-0.2, 0) is 0 Å². The number of nitrogens with zero attached hydrogens (tertiary/aromatic N) is 2. The molecule has 0 aliphatic carbocycles. The summed E-state index contributed by atoms with van der Waals surface area (Å²) < 4.78 is 0. The van der Waals surface area contributed by atoms with Crippen LogP contribution in [0.2, 0.25) is 0 Å². The van der Waals surface area contributed by atoms with Gasteiger partial charge in [-0.2, -0.15) is 10.2 Å². The first kappa shape index (κ1) is 18.4. The number of carbonyl (C=O) groups is 1. The third-order valence-corrected chi connectivity index (χ3v) is 3.87. The SMILES string of the molecule is Cc1cccc(C(=O)NC(=S)Nc2ccc(N=Nc3ccccc3)cc2)c1. The van der Waals surface area contributed by atoms with Gasteiger partial charge in [-0.1, -0.05) is 35.9 Å². The van der Waals surface area contributed by atoms with E-state index in [0.29, 0.717) is 5.56 Å². The lowest BCUT2D eigenvalue weighted by atomic mass is 10.1. The van der Waals surface area contributed by atoms with E-state index >= 15 is 0 Å². The molecule has 0 radical (unpaired) electrons. The lowest BCUT2D eigenvalue weighted by Gasteiger charge is -2.10. The molecule has 0 bridgehead atoms. The van der Waals surface area contributed by atoms with E-state index in [0.717, 1.165) is 22.6 Å². The minimum atomic E-state index is -0.246. The van der Waals surface area contributed by atoms with Gasteiger partial charge in [-0.15, -0.1) is 0 Å². The fraction of sp³-hybridized carbons (Fsp3) is 0.0476. The van der Waals surface area contributed by atoms with E-state index in [2.05, 4.69) is 20.9 Å². The number of rotatable bonds is 4. The topological polar surface area (TPSA) is 65.8 Å².